The number of carbonyl (C=O) groups excluding carboxylic acids is 6. The van der Waals surface area contributed by atoms with Crippen molar-refractivity contribution in [2.75, 3.05) is 65.9 Å². The lowest BCUT2D eigenvalue weighted by molar-refractivity contribution is -0.279. The van der Waals surface area contributed by atoms with Gasteiger partial charge in [-0.15, -0.1) is 0 Å². The second-order valence-corrected chi connectivity index (χ2v) is 10.8. The Kier molecular flexibility index (Phi) is 20.7. The Hall–Kier alpha value is -4.40. The van der Waals surface area contributed by atoms with Crippen LogP contribution in [0.15, 0.2) is 30.3 Å². The summed E-state index contributed by atoms with van der Waals surface area (Å²) in [5.74, 6) is -2.98. The van der Waals surface area contributed by atoms with Crippen molar-refractivity contribution >= 4 is 35.8 Å². The van der Waals surface area contributed by atoms with Gasteiger partial charge >= 0.3 is 24.0 Å². The summed E-state index contributed by atoms with van der Waals surface area (Å²) in [4.78, 5) is 70.7. The second-order valence-electron chi connectivity index (χ2n) is 10.8. The van der Waals surface area contributed by atoms with Crippen LogP contribution < -0.4 is 21.5 Å². The zero-order valence-corrected chi connectivity index (χ0v) is 29.2. The molecule has 5 atom stereocenters. The summed E-state index contributed by atoms with van der Waals surface area (Å²) in [6, 6.07) is 8.08. The molecule has 0 aromatic heterocycles. The Labute approximate surface area is 295 Å². The van der Waals surface area contributed by atoms with Crippen LogP contribution in [-0.4, -0.2) is 132 Å². The van der Waals surface area contributed by atoms with Crippen LogP contribution >= 0.6 is 0 Å². The predicted octanol–water partition coefficient (Wildman–Crippen LogP) is -0.744. The molecule has 3 amide bonds. The van der Waals surface area contributed by atoms with E-state index in [2.05, 4.69) is 21.5 Å². The van der Waals surface area contributed by atoms with Gasteiger partial charge < -0.3 is 53.3 Å². The molecule has 2 rings (SSSR count). The number of nitrogens with one attached hydrogen (secondary N) is 4. The van der Waals surface area contributed by atoms with E-state index in [0.717, 1.165) is 19.4 Å². The lowest BCUT2D eigenvalue weighted by Crippen LogP contribution is -2.66. The number of ether oxygens (including phenoxy) is 9. The van der Waals surface area contributed by atoms with E-state index in [-0.39, 0.29) is 52.8 Å². The Morgan fingerprint density at radius 3 is 1.94 bits per heavy atom. The van der Waals surface area contributed by atoms with E-state index in [0.29, 0.717) is 19.8 Å². The molecule has 4 N–H and O–H groups in total. The van der Waals surface area contributed by atoms with Gasteiger partial charge in [0.25, 0.3) is 5.91 Å². The molecule has 0 bridgehead atoms. The third-order valence-corrected chi connectivity index (χ3v) is 6.53. The number of esters is 3. The summed E-state index contributed by atoms with van der Waals surface area (Å²) in [7, 11) is 0. The van der Waals surface area contributed by atoms with Crippen LogP contribution in [0.3, 0.4) is 0 Å². The minimum absolute atomic E-state index is 0.00683. The van der Waals surface area contributed by atoms with Gasteiger partial charge in [-0.1, -0.05) is 30.3 Å². The average Bonchev–Trinajstić information content (AvgIpc) is 3.07. The maximum atomic E-state index is 12.0. The SMILES string of the molecule is CC(=O)NC1C(OCCOCCOCCOCCNNC(=O)CNC(=O)OCc2ccccc2)OC(COC(C)=O)C(OC(C)=O)C1OC(C)=O. The molecular weight excluding hydrogens is 680 g/mol. The van der Waals surface area contributed by atoms with Crippen LogP contribution in [0.4, 0.5) is 4.79 Å². The summed E-state index contributed by atoms with van der Waals surface area (Å²) < 4.78 is 49.0. The number of rotatable bonds is 23. The van der Waals surface area contributed by atoms with E-state index >= 15 is 0 Å². The van der Waals surface area contributed by atoms with Crippen LogP contribution in [0.25, 0.3) is 0 Å². The van der Waals surface area contributed by atoms with Gasteiger partial charge in [-0.25, -0.2) is 10.2 Å². The molecule has 1 aliphatic heterocycles. The number of amides is 3. The highest BCUT2D eigenvalue weighted by atomic mass is 16.7. The molecular formula is C32H48N4O15. The highest BCUT2D eigenvalue weighted by Gasteiger charge is 2.51. The molecule has 1 aromatic carbocycles. The monoisotopic (exact) mass is 728 g/mol. The molecule has 0 aliphatic carbocycles. The molecule has 0 radical (unpaired) electrons. The largest absolute Gasteiger partial charge is 0.463 e. The Balaban J connectivity index is 1.59. The summed E-state index contributed by atoms with van der Waals surface area (Å²) in [5, 5.41) is 4.97. The number of hydrogen-bond donors (Lipinski definition) is 4. The number of hydrazine groups is 1. The summed E-state index contributed by atoms with van der Waals surface area (Å²) >= 11 is 0. The van der Waals surface area contributed by atoms with E-state index in [1.165, 1.54) is 13.8 Å². The standard InChI is InChI=1S/C32H48N4O15/c1-21(37)35-28-30(50-24(4)40)29(49-23(3)39)26(20-47-22(2)38)51-31(28)46-17-16-45-15-14-44-13-12-43-11-10-34-36-27(41)18-33-32(42)48-19-25-8-6-5-7-9-25/h5-9,26,28-31,34H,10-20H2,1-4H3,(H,33,42)(H,35,37)(H,36,41). The van der Waals surface area contributed by atoms with Crippen molar-refractivity contribution in [2.45, 2.75) is 64.9 Å². The molecule has 1 heterocycles. The van der Waals surface area contributed by atoms with Gasteiger partial charge in [0.05, 0.1) is 46.2 Å². The van der Waals surface area contributed by atoms with Crippen LogP contribution in [0, 0.1) is 0 Å². The van der Waals surface area contributed by atoms with Crippen molar-refractivity contribution < 1.29 is 71.4 Å². The molecule has 19 nitrogen and oxygen atoms in total. The molecule has 1 fully saturated rings. The predicted molar refractivity (Wildman–Crippen MR) is 173 cm³/mol. The van der Waals surface area contributed by atoms with Crippen LogP contribution in [0.5, 0.6) is 0 Å². The van der Waals surface area contributed by atoms with E-state index in [9.17, 15) is 28.8 Å². The summed E-state index contributed by atoms with van der Waals surface area (Å²) in [6.07, 6.45) is -5.40. The number of carbonyl (C=O) groups is 6. The Morgan fingerprint density at radius 1 is 0.725 bits per heavy atom. The van der Waals surface area contributed by atoms with Gasteiger partial charge in [-0.2, -0.15) is 0 Å². The van der Waals surface area contributed by atoms with E-state index in [1.54, 1.807) is 0 Å². The first-order valence-corrected chi connectivity index (χ1v) is 16.2. The highest BCUT2D eigenvalue weighted by Crippen LogP contribution is 2.28. The molecule has 0 saturated carbocycles. The van der Waals surface area contributed by atoms with Crippen molar-refractivity contribution in [1.29, 1.82) is 0 Å². The van der Waals surface area contributed by atoms with Crippen LogP contribution in [-0.2, 0) is 73.2 Å². The summed E-state index contributed by atoms with van der Waals surface area (Å²) in [6.45, 7) is 6.01. The van der Waals surface area contributed by atoms with Crippen LogP contribution in [0.2, 0.25) is 0 Å². The minimum atomic E-state index is -1.22. The fourth-order valence-corrected chi connectivity index (χ4v) is 4.45. The maximum Gasteiger partial charge on any atom is 0.407 e. The normalized spacial score (nSPS) is 19.6. The first kappa shape index (κ1) is 42.8. The lowest BCUT2D eigenvalue weighted by atomic mass is 9.96. The zero-order valence-electron chi connectivity index (χ0n) is 29.2. The number of alkyl carbamates (subject to hydrolysis) is 1. The molecule has 0 spiro atoms. The van der Waals surface area contributed by atoms with E-state index < -0.39 is 66.5 Å². The van der Waals surface area contributed by atoms with Gasteiger partial charge in [-0.05, 0) is 5.56 Å². The molecule has 19 heteroatoms. The molecule has 1 aromatic rings. The summed E-state index contributed by atoms with van der Waals surface area (Å²) in [5.41, 5.74) is 5.95. The van der Waals surface area contributed by atoms with Crippen molar-refractivity contribution in [2.24, 2.45) is 0 Å². The van der Waals surface area contributed by atoms with E-state index in [1.807, 2.05) is 30.3 Å². The van der Waals surface area contributed by atoms with Crippen molar-refractivity contribution in [3.8, 4) is 0 Å². The van der Waals surface area contributed by atoms with Gasteiger partial charge in [-0.3, -0.25) is 29.4 Å². The fourth-order valence-electron chi connectivity index (χ4n) is 4.45. The van der Waals surface area contributed by atoms with Gasteiger partial charge in [0.2, 0.25) is 5.91 Å². The molecule has 286 valence electrons. The first-order chi connectivity index (χ1) is 24.5. The molecule has 5 unspecified atom stereocenters. The first-order valence-electron chi connectivity index (χ1n) is 16.2. The minimum Gasteiger partial charge on any atom is -0.463 e. The fraction of sp³-hybridized carbons (Fsp3) is 0.625. The quantitative estimate of drug-likeness (QED) is 0.0470. The highest BCUT2D eigenvalue weighted by molar-refractivity contribution is 5.81. The third kappa shape index (κ3) is 19.0. The molecule has 51 heavy (non-hydrogen) atoms. The number of hydrogen-bond acceptors (Lipinski definition) is 16. The van der Waals surface area contributed by atoms with Crippen molar-refractivity contribution in [3.05, 3.63) is 35.9 Å². The maximum absolute atomic E-state index is 12.0. The third-order valence-electron chi connectivity index (χ3n) is 6.53. The Bertz CT molecular complexity index is 1240. The number of benzene rings is 1. The van der Waals surface area contributed by atoms with Gasteiger partial charge in [0.15, 0.2) is 18.5 Å². The topological polar surface area (TPSA) is 234 Å². The molecule has 1 saturated heterocycles. The van der Waals surface area contributed by atoms with E-state index in [4.69, 9.17) is 42.6 Å². The van der Waals surface area contributed by atoms with Gasteiger partial charge in [0, 0.05) is 34.2 Å². The van der Waals surface area contributed by atoms with Crippen molar-refractivity contribution in [3.63, 3.8) is 0 Å². The van der Waals surface area contributed by atoms with Gasteiger partial charge in [0.1, 0.15) is 31.9 Å². The van der Waals surface area contributed by atoms with Crippen LogP contribution in [0.1, 0.15) is 33.3 Å². The van der Waals surface area contributed by atoms with Crippen molar-refractivity contribution in [1.82, 2.24) is 21.5 Å². The lowest BCUT2D eigenvalue weighted by Gasteiger charge is -2.44. The smallest absolute Gasteiger partial charge is 0.407 e. The second kappa shape index (κ2) is 24.7. The Morgan fingerprint density at radius 2 is 1.33 bits per heavy atom. The molecule has 1 aliphatic rings. The zero-order chi connectivity index (χ0) is 37.4. The average molecular weight is 729 g/mol.